The lowest BCUT2D eigenvalue weighted by Crippen LogP contribution is -2.28. The second-order valence-corrected chi connectivity index (χ2v) is 6.23. The highest BCUT2D eigenvalue weighted by Crippen LogP contribution is 2.25. The summed E-state index contributed by atoms with van der Waals surface area (Å²) in [5.41, 5.74) is 1.55. The van der Waals surface area contributed by atoms with Gasteiger partial charge in [-0.15, -0.1) is 11.3 Å². The van der Waals surface area contributed by atoms with E-state index in [4.69, 9.17) is 4.52 Å². The zero-order valence-electron chi connectivity index (χ0n) is 12.9. The molecule has 118 valence electrons. The third kappa shape index (κ3) is 3.68. The van der Waals surface area contributed by atoms with E-state index in [1.807, 2.05) is 35.7 Å². The molecule has 0 aliphatic carbocycles. The van der Waals surface area contributed by atoms with Crippen molar-refractivity contribution < 1.29 is 9.32 Å². The molecule has 3 rings (SSSR count). The lowest BCUT2D eigenvalue weighted by molar-refractivity contribution is 0.0942. The summed E-state index contributed by atoms with van der Waals surface area (Å²) in [4.78, 5) is 13.2. The second-order valence-electron chi connectivity index (χ2n) is 5.28. The van der Waals surface area contributed by atoms with E-state index in [0.29, 0.717) is 23.9 Å². The third-order valence-corrected chi connectivity index (χ3v) is 4.66. The number of thiophene rings is 1. The molecule has 2 aromatic heterocycles. The molecule has 4 nitrogen and oxygen atoms in total. The smallest absolute Gasteiger partial charge is 0.273 e. The van der Waals surface area contributed by atoms with Gasteiger partial charge in [0, 0.05) is 18.5 Å². The Morgan fingerprint density at radius 1 is 1.26 bits per heavy atom. The molecular formula is C18H18N2O2S. The Kier molecular flexibility index (Phi) is 4.88. The zero-order valence-corrected chi connectivity index (χ0v) is 13.7. The maximum atomic E-state index is 12.2. The highest BCUT2D eigenvalue weighted by atomic mass is 32.1. The largest absolute Gasteiger partial charge is 0.355 e. The van der Waals surface area contributed by atoms with Crippen molar-refractivity contribution in [2.45, 2.75) is 19.3 Å². The number of benzene rings is 1. The molecule has 0 aliphatic heterocycles. The topological polar surface area (TPSA) is 55.1 Å². The molecule has 0 aliphatic rings. The van der Waals surface area contributed by atoms with Gasteiger partial charge in [-0.3, -0.25) is 4.79 Å². The molecule has 0 radical (unpaired) electrons. The van der Waals surface area contributed by atoms with Gasteiger partial charge < -0.3 is 9.84 Å². The first-order valence-corrected chi connectivity index (χ1v) is 8.49. The molecule has 0 bridgehead atoms. The van der Waals surface area contributed by atoms with Crippen molar-refractivity contribution >= 4 is 17.2 Å². The molecule has 1 aromatic carbocycles. The van der Waals surface area contributed by atoms with E-state index in [-0.39, 0.29) is 5.91 Å². The predicted molar refractivity (Wildman–Crippen MR) is 91.6 cm³/mol. The second kappa shape index (κ2) is 7.24. The number of nitrogens with one attached hydrogen (secondary N) is 1. The molecule has 1 atom stereocenters. The average molecular weight is 326 g/mol. The lowest BCUT2D eigenvalue weighted by Gasteiger charge is -2.15. The number of carbonyl (C=O) groups excluding carboxylic acids is 1. The van der Waals surface area contributed by atoms with Gasteiger partial charge in [0.05, 0.1) is 4.88 Å². The molecular weight excluding hydrogens is 308 g/mol. The van der Waals surface area contributed by atoms with E-state index in [1.165, 1.54) is 5.56 Å². The van der Waals surface area contributed by atoms with E-state index in [2.05, 4.69) is 29.5 Å². The number of hydrogen-bond acceptors (Lipinski definition) is 4. The fraction of sp³-hybridized carbons (Fsp3) is 0.222. The Balaban J connectivity index is 1.63. The number of carbonyl (C=O) groups is 1. The Labute approximate surface area is 139 Å². The summed E-state index contributed by atoms with van der Waals surface area (Å²) in [6, 6.07) is 15.8. The van der Waals surface area contributed by atoms with E-state index in [9.17, 15) is 4.79 Å². The van der Waals surface area contributed by atoms with E-state index < -0.39 is 0 Å². The van der Waals surface area contributed by atoms with Gasteiger partial charge in [0.15, 0.2) is 11.5 Å². The zero-order chi connectivity index (χ0) is 16.1. The Bertz CT molecular complexity index is 750. The maximum Gasteiger partial charge on any atom is 0.273 e. The highest BCUT2D eigenvalue weighted by Gasteiger charge is 2.16. The summed E-state index contributed by atoms with van der Waals surface area (Å²) in [6.45, 7) is 2.70. The van der Waals surface area contributed by atoms with E-state index in [0.717, 1.165) is 11.3 Å². The molecule has 0 saturated heterocycles. The summed E-state index contributed by atoms with van der Waals surface area (Å²) in [5.74, 6) is 0.718. The first kappa shape index (κ1) is 15.5. The van der Waals surface area contributed by atoms with Crippen molar-refractivity contribution in [3.05, 3.63) is 65.2 Å². The van der Waals surface area contributed by atoms with Crippen molar-refractivity contribution in [2.24, 2.45) is 0 Å². The third-order valence-electron chi connectivity index (χ3n) is 3.78. The SMILES string of the molecule is CCC(CNC(=O)c1cc(-c2cccs2)on1)c1ccccc1. The van der Waals surface area contributed by atoms with E-state index >= 15 is 0 Å². The van der Waals surface area contributed by atoms with Crippen LogP contribution in [-0.4, -0.2) is 17.6 Å². The van der Waals surface area contributed by atoms with Crippen molar-refractivity contribution in [1.82, 2.24) is 10.5 Å². The van der Waals surface area contributed by atoms with Gasteiger partial charge in [0.2, 0.25) is 0 Å². The molecule has 0 saturated carbocycles. The first-order chi connectivity index (χ1) is 11.3. The molecule has 2 heterocycles. The highest BCUT2D eigenvalue weighted by molar-refractivity contribution is 7.13. The molecule has 5 heteroatoms. The van der Waals surface area contributed by atoms with Crippen molar-refractivity contribution in [3.8, 4) is 10.6 Å². The molecule has 23 heavy (non-hydrogen) atoms. The standard InChI is InChI=1S/C18H18N2O2S/c1-2-13(14-7-4-3-5-8-14)12-19-18(21)15-11-16(22-20-15)17-9-6-10-23-17/h3-11,13H,2,12H2,1H3,(H,19,21). The van der Waals surface area contributed by atoms with Crippen LogP contribution >= 0.6 is 11.3 Å². The van der Waals surface area contributed by atoms with Crippen LogP contribution in [0.1, 0.15) is 35.3 Å². The fourth-order valence-electron chi connectivity index (χ4n) is 2.45. The van der Waals surface area contributed by atoms with Crippen molar-refractivity contribution in [1.29, 1.82) is 0 Å². The summed E-state index contributed by atoms with van der Waals surface area (Å²) in [5, 5.41) is 8.78. The molecule has 1 amide bonds. The van der Waals surface area contributed by atoms with Gasteiger partial charge in [-0.05, 0) is 23.4 Å². The van der Waals surface area contributed by atoms with Gasteiger partial charge in [-0.1, -0.05) is 48.5 Å². The van der Waals surface area contributed by atoms with Crippen LogP contribution in [0, 0.1) is 0 Å². The van der Waals surface area contributed by atoms with Gasteiger partial charge in [-0.25, -0.2) is 0 Å². The Hall–Kier alpha value is -2.40. The maximum absolute atomic E-state index is 12.2. The van der Waals surface area contributed by atoms with Crippen molar-refractivity contribution in [3.63, 3.8) is 0 Å². The number of aromatic nitrogens is 1. The van der Waals surface area contributed by atoms with Crippen LogP contribution in [-0.2, 0) is 0 Å². The van der Waals surface area contributed by atoms with Gasteiger partial charge in [0.1, 0.15) is 0 Å². The summed E-state index contributed by atoms with van der Waals surface area (Å²) in [6.07, 6.45) is 0.962. The molecule has 3 aromatic rings. The summed E-state index contributed by atoms with van der Waals surface area (Å²) < 4.78 is 5.25. The molecule has 1 unspecified atom stereocenters. The minimum absolute atomic E-state index is 0.203. The van der Waals surface area contributed by atoms with Gasteiger partial charge in [-0.2, -0.15) is 0 Å². The molecule has 1 N–H and O–H groups in total. The molecule has 0 fully saturated rings. The Morgan fingerprint density at radius 2 is 2.09 bits per heavy atom. The lowest BCUT2D eigenvalue weighted by atomic mass is 9.96. The van der Waals surface area contributed by atoms with Crippen LogP contribution in [0.25, 0.3) is 10.6 Å². The predicted octanol–water partition coefficient (Wildman–Crippen LogP) is 4.33. The van der Waals surface area contributed by atoms with Crippen LogP contribution in [0.3, 0.4) is 0 Å². The van der Waals surface area contributed by atoms with Crippen LogP contribution < -0.4 is 5.32 Å². The quantitative estimate of drug-likeness (QED) is 0.733. The number of hydrogen-bond donors (Lipinski definition) is 1. The number of amides is 1. The fourth-order valence-corrected chi connectivity index (χ4v) is 3.12. The normalized spacial score (nSPS) is 12.0. The van der Waals surface area contributed by atoms with Crippen LogP contribution in [0.5, 0.6) is 0 Å². The van der Waals surface area contributed by atoms with Gasteiger partial charge >= 0.3 is 0 Å². The van der Waals surface area contributed by atoms with Crippen LogP contribution in [0.4, 0.5) is 0 Å². The molecule has 0 spiro atoms. The summed E-state index contributed by atoms with van der Waals surface area (Å²) >= 11 is 1.55. The summed E-state index contributed by atoms with van der Waals surface area (Å²) in [7, 11) is 0. The minimum Gasteiger partial charge on any atom is -0.355 e. The van der Waals surface area contributed by atoms with Crippen molar-refractivity contribution in [2.75, 3.05) is 6.54 Å². The van der Waals surface area contributed by atoms with Crippen LogP contribution in [0.2, 0.25) is 0 Å². The van der Waals surface area contributed by atoms with Gasteiger partial charge in [0.25, 0.3) is 5.91 Å². The monoisotopic (exact) mass is 326 g/mol. The van der Waals surface area contributed by atoms with E-state index in [1.54, 1.807) is 17.4 Å². The minimum atomic E-state index is -0.203. The average Bonchev–Trinajstić information content (AvgIpc) is 3.27. The van der Waals surface area contributed by atoms with Crippen LogP contribution in [0.15, 0.2) is 58.4 Å². The number of nitrogens with zero attached hydrogens (tertiary/aromatic N) is 1. The number of rotatable bonds is 6. The Morgan fingerprint density at radius 3 is 2.78 bits per heavy atom. The first-order valence-electron chi connectivity index (χ1n) is 7.61.